The maximum Gasteiger partial charge on any atom is 0.269 e. The average molecular weight is 428 g/mol. The van der Waals surface area contributed by atoms with Crippen LogP contribution in [0.1, 0.15) is 10.4 Å². The Bertz CT molecular complexity index is 913. The summed E-state index contributed by atoms with van der Waals surface area (Å²) in [4.78, 5) is 28.9. The van der Waals surface area contributed by atoms with Gasteiger partial charge in [0.05, 0.1) is 33.6 Å². The van der Waals surface area contributed by atoms with Gasteiger partial charge in [0, 0.05) is 31.7 Å². The van der Waals surface area contributed by atoms with Gasteiger partial charge < -0.3 is 19.1 Å². The molecule has 2 amide bonds. The number of carbonyl (C=O) groups is 2. The number of hydrogen-bond donors (Lipinski definition) is 2. The van der Waals surface area contributed by atoms with Crippen molar-refractivity contribution in [1.82, 2.24) is 15.8 Å². The largest absolute Gasteiger partial charge is 0.495 e. The van der Waals surface area contributed by atoms with Crippen molar-refractivity contribution in [2.24, 2.45) is 0 Å². The van der Waals surface area contributed by atoms with Gasteiger partial charge in [0.2, 0.25) is 0 Å². The fourth-order valence-electron chi connectivity index (χ4n) is 3.46. The highest BCUT2D eigenvalue weighted by atomic mass is 16.5. The number of piperazine rings is 1. The van der Waals surface area contributed by atoms with E-state index in [9.17, 15) is 9.59 Å². The van der Waals surface area contributed by atoms with Crippen molar-refractivity contribution < 1.29 is 23.8 Å². The Labute approximate surface area is 181 Å². The number of benzene rings is 2. The number of amides is 2. The van der Waals surface area contributed by atoms with Crippen LogP contribution in [0.4, 0.5) is 5.69 Å². The molecule has 1 aliphatic heterocycles. The van der Waals surface area contributed by atoms with Crippen LogP contribution in [0.25, 0.3) is 0 Å². The topological polar surface area (TPSA) is 92.4 Å². The monoisotopic (exact) mass is 428 g/mol. The lowest BCUT2D eigenvalue weighted by Crippen LogP contribution is -2.52. The van der Waals surface area contributed by atoms with Crippen LogP contribution in [0.2, 0.25) is 0 Å². The summed E-state index contributed by atoms with van der Waals surface area (Å²) in [6.07, 6.45) is 0. The highest BCUT2D eigenvalue weighted by Gasteiger charge is 2.21. The van der Waals surface area contributed by atoms with Crippen molar-refractivity contribution >= 4 is 17.5 Å². The minimum atomic E-state index is -0.435. The number of nitrogens with one attached hydrogen (secondary N) is 2. The highest BCUT2D eigenvalue weighted by molar-refractivity contribution is 5.96. The maximum atomic E-state index is 12.3. The molecular weight excluding hydrogens is 400 g/mol. The first-order valence-electron chi connectivity index (χ1n) is 9.97. The van der Waals surface area contributed by atoms with E-state index in [-0.39, 0.29) is 12.5 Å². The number of nitrogens with zero attached hydrogens (tertiary/aromatic N) is 2. The molecule has 1 aliphatic rings. The summed E-state index contributed by atoms with van der Waals surface area (Å²) in [5.41, 5.74) is 6.31. The first kappa shape index (κ1) is 22.2. The van der Waals surface area contributed by atoms with Crippen molar-refractivity contribution in [3.63, 3.8) is 0 Å². The first-order valence-corrected chi connectivity index (χ1v) is 9.97. The molecule has 1 fully saturated rings. The summed E-state index contributed by atoms with van der Waals surface area (Å²) in [6, 6.07) is 12.7. The van der Waals surface area contributed by atoms with E-state index in [2.05, 4.69) is 15.8 Å². The van der Waals surface area contributed by atoms with Gasteiger partial charge in [-0.25, -0.2) is 0 Å². The standard InChI is InChI=1S/C22H28N4O5/c1-29-18-7-5-4-6-17(18)26-12-10-25(11-13-26)15-21(27)23-24-22(28)16-8-9-19(30-2)20(14-16)31-3/h4-9,14H,10-13,15H2,1-3H3,(H,23,27)(H,24,28). The molecule has 2 N–H and O–H groups in total. The van der Waals surface area contributed by atoms with Gasteiger partial charge in [0.1, 0.15) is 5.75 Å². The van der Waals surface area contributed by atoms with Crippen molar-refractivity contribution in [3.05, 3.63) is 48.0 Å². The van der Waals surface area contributed by atoms with Crippen molar-refractivity contribution in [2.75, 3.05) is 59.0 Å². The number of anilines is 1. The van der Waals surface area contributed by atoms with Crippen LogP contribution in [-0.2, 0) is 4.79 Å². The van der Waals surface area contributed by atoms with Gasteiger partial charge in [-0.3, -0.25) is 25.3 Å². The molecule has 31 heavy (non-hydrogen) atoms. The molecule has 9 heteroatoms. The minimum absolute atomic E-state index is 0.200. The van der Waals surface area contributed by atoms with Crippen LogP contribution in [0.5, 0.6) is 17.2 Å². The Hall–Kier alpha value is -3.46. The smallest absolute Gasteiger partial charge is 0.269 e. The van der Waals surface area contributed by atoms with Crippen LogP contribution in [0.3, 0.4) is 0 Å². The second-order valence-electron chi connectivity index (χ2n) is 7.01. The Balaban J connectivity index is 1.46. The first-order chi connectivity index (χ1) is 15.0. The summed E-state index contributed by atoms with van der Waals surface area (Å²) in [7, 11) is 4.68. The molecule has 1 heterocycles. The van der Waals surface area contributed by atoms with E-state index in [0.717, 1.165) is 37.6 Å². The van der Waals surface area contributed by atoms with Crippen molar-refractivity contribution in [3.8, 4) is 17.2 Å². The van der Waals surface area contributed by atoms with Crippen LogP contribution in [-0.4, -0.2) is 70.8 Å². The third kappa shape index (κ3) is 5.58. The molecule has 0 bridgehead atoms. The van der Waals surface area contributed by atoms with E-state index >= 15 is 0 Å². The van der Waals surface area contributed by atoms with Gasteiger partial charge in [-0.15, -0.1) is 0 Å². The molecule has 166 valence electrons. The van der Waals surface area contributed by atoms with Crippen LogP contribution >= 0.6 is 0 Å². The summed E-state index contributed by atoms with van der Waals surface area (Å²) in [6.45, 7) is 3.23. The fourth-order valence-corrected chi connectivity index (χ4v) is 3.46. The van der Waals surface area contributed by atoms with Crippen molar-refractivity contribution in [1.29, 1.82) is 0 Å². The zero-order valence-corrected chi connectivity index (χ0v) is 18.0. The highest BCUT2D eigenvalue weighted by Crippen LogP contribution is 2.28. The number of rotatable bonds is 7. The molecular formula is C22H28N4O5. The molecule has 1 saturated heterocycles. The van der Waals surface area contributed by atoms with Gasteiger partial charge in [-0.1, -0.05) is 12.1 Å². The number of ether oxygens (including phenoxy) is 3. The number of para-hydroxylation sites is 2. The number of hydrogen-bond acceptors (Lipinski definition) is 7. The lowest BCUT2D eigenvalue weighted by Gasteiger charge is -2.36. The Kier molecular flexibility index (Phi) is 7.55. The minimum Gasteiger partial charge on any atom is -0.495 e. The lowest BCUT2D eigenvalue weighted by molar-refractivity contribution is -0.123. The summed E-state index contributed by atoms with van der Waals surface area (Å²) in [5, 5.41) is 0. The van der Waals surface area contributed by atoms with E-state index in [1.807, 2.05) is 29.2 Å². The average Bonchev–Trinajstić information content (AvgIpc) is 2.82. The number of hydrazine groups is 1. The lowest BCUT2D eigenvalue weighted by atomic mass is 10.2. The molecule has 3 rings (SSSR count). The van der Waals surface area contributed by atoms with Gasteiger partial charge in [-0.05, 0) is 30.3 Å². The van der Waals surface area contributed by atoms with Gasteiger partial charge in [-0.2, -0.15) is 0 Å². The molecule has 2 aromatic rings. The Morgan fingerprint density at radius 3 is 2.19 bits per heavy atom. The SMILES string of the molecule is COc1ccc(C(=O)NNC(=O)CN2CCN(c3ccccc3OC)CC2)cc1OC. The molecule has 9 nitrogen and oxygen atoms in total. The van der Waals surface area contributed by atoms with E-state index in [1.54, 1.807) is 25.3 Å². The molecule has 0 radical (unpaired) electrons. The van der Waals surface area contributed by atoms with E-state index in [0.29, 0.717) is 17.1 Å². The van der Waals surface area contributed by atoms with Gasteiger partial charge in [0.25, 0.3) is 11.8 Å². The molecule has 2 aromatic carbocycles. The normalized spacial score (nSPS) is 14.0. The zero-order chi connectivity index (χ0) is 22.2. The van der Waals surface area contributed by atoms with E-state index in [1.165, 1.54) is 14.2 Å². The predicted molar refractivity (Wildman–Crippen MR) is 117 cm³/mol. The van der Waals surface area contributed by atoms with E-state index in [4.69, 9.17) is 14.2 Å². The number of carbonyl (C=O) groups excluding carboxylic acids is 2. The fraction of sp³-hybridized carbons (Fsp3) is 0.364. The molecule has 0 spiro atoms. The molecule has 0 saturated carbocycles. The molecule has 0 aromatic heterocycles. The molecule has 0 atom stereocenters. The van der Waals surface area contributed by atoms with Crippen LogP contribution in [0, 0.1) is 0 Å². The second kappa shape index (κ2) is 10.5. The summed E-state index contributed by atoms with van der Waals surface area (Å²) in [5.74, 6) is 1.09. The molecule has 0 unspecified atom stereocenters. The predicted octanol–water partition coefficient (Wildman–Crippen LogP) is 1.30. The summed E-state index contributed by atoms with van der Waals surface area (Å²) < 4.78 is 15.8. The molecule has 0 aliphatic carbocycles. The quantitative estimate of drug-likeness (QED) is 0.642. The van der Waals surface area contributed by atoms with Crippen LogP contribution in [0.15, 0.2) is 42.5 Å². The third-order valence-corrected chi connectivity index (χ3v) is 5.13. The summed E-state index contributed by atoms with van der Waals surface area (Å²) >= 11 is 0. The van der Waals surface area contributed by atoms with E-state index < -0.39 is 5.91 Å². The second-order valence-corrected chi connectivity index (χ2v) is 7.01. The Morgan fingerprint density at radius 2 is 1.52 bits per heavy atom. The Morgan fingerprint density at radius 1 is 0.839 bits per heavy atom. The maximum absolute atomic E-state index is 12.3. The van der Waals surface area contributed by atoms with Crippen molar-refractivity contribution in [2.45, 2.75) is 0 Å². The van der Waals surface area contributed by atoms with Crippen LogP contribution < -0.4 is 30.0 Å². The van der Waals surface area contributed by atoms with Gasteiger partial charge >= 0.3 is 0 Å². The van der Waals surface area contributed by atoms with Gasteiger partial charge in [0.15, 0.2) is 11.5 Å². The third-order valence-electron chi connectivity index (χ3n) is 5.13. The number of methoxy groups -OCH3 is 3. The zero-order valence-electron chi connectivity index (χ0n) is 18.0.